The van der Waals surface area contributed by atoms with Crippen LogP contribution in [0.2, 0.25) is 0 Å². The predicted molar refractivity (Wildman–Crippen MR) is 143 cm³/mol. The number of fused-ring (bicyclic) bond motifs is 1. The molecular formula is C28H22N2O5S2. The number of anilines is 1. The summed E-state index contributed by atoms with van der Waals surface area (Å²) >= 11 is 1.02. The second-order valence-electron chi connectivity index (χ2n) is 8.26. The third kappa shape index (κ3) is 4.26. The minimum atomic E-state index is -4.25. The first-order chi connectivity index (χ1) is 17.8. The number of thioether (sulfide) groups is 1. The van der Waals surface area contributed by atoms with Crippen LogP contribution in [0.4, 0.5) is 5.69 Å². The van der Waals surface area contributed by atoms with Crippen LogP contribution in [0.3, 0.4) is 0 Å². The van der Waals surface area contributed by atoms with E-state index < -0.39 is 27.0 Å². The molecule has 0 radical (unpaired) electrons. The summed E-state index contributed by atoms with van der Waals surface area (Å²) in [6.07, 6.45) is 1.67. The molecule has 0 saturated carbocycles. The highest BCUT2D eigenvalue weighted by molar-refractivity contribution is 8.10. The topological polar surface area (TPSA) is 108 Å². The average molecular weight is 531 g/mol. The molecule has 0 amide bonds. The number of ether oxygens (including phenoxy) is 1. The minimum absolute atomic E-state index is 0.0184. The van der Waals surface area contributed by atoms with E-state index in [1.165, 1.54) is 19.2 Å². The van der Waals surface area contributed by atoms with E-state index in [0.29, 0.717) is 5.56 Å². The summed E-state index contributed by atoms with van der Waals surface area (Å²) in [5.41, 5.74) is 7.77. The largest absolute Gasteiger partial charge is 0.465 e. The summed E-state index contributed by atoms with van der Waals surface area (Å²) in [6, 6.07) is 25.8. The number of rotatable bonds is 5. The van der Waals surface area contributed by atoms with Crippen molar-refractivity contribution in [2.45, 2.75) is 15.2 Å². The van der Waals surface area contributed by atoms with Crippen LogP contribution in [0.25, 0.3) is 11.0 Å². The van der Waals surface area contributed by atoms with E-state index in [1.54, 1.807) is 48.5 Å². The number of nitrogens with two attached hydrogens (primary N) is 1. The van der Waals surface area contributed by atoms with E-state index >= 15 is 0 Å². The molecule has 4 aromatic rings. The zero-order chi connectivity index (χ0) is 26.2. The number of aromatic nitrogens is 1. The molecule has 3 aromatic carbocycles. The Kier molecular flexibility index (Phi) is 6.49. The molecule has 7 nitrogen and oxygen atoms in total. The van der Waals surface area contributed by atoms with Gasteiger partial charge in [0.1, 0.15) is 10.2 Å². The summed E-state index contributed by atoms with van der Waals surface area (Å²) in [6.45, 7) is 0. The number of carbonyl (C=O) groups excluding carboxylic acids is 2. The van der Waals surface area contributed by atoms with Gasteiger partial charge >= 0.3 is 5.97 Å². The Bertz CT molecular complexity index is 1730. The number of hydrogen-bond acceptors (Lipinski definition) is 7. The van der Waals surface area contributed by atoms with Crippen molar-refractivity contribution in [1.82, 2.24) is 4.57 Å². The molecule has 1 aliphatic rings. The number of nitrogens with zero attached hydrogens (tertiary/aromatic N) is 1. The Morgan fingerprint density at radius 1 is 0.946 bits per heavy atom. The molecule has 1 aromatic heterocycles. The van der Waals surface area contributed by atoms with Crippen molar-refractivity contribution in [3.05, 3.63) is 113 Å². The Morgan fingerprint density at radius 3 is 2.11 bits per heavy atom. The van der Waals surface area contributed by atoms with Gasteiger partial charge in [-0.25, -0.2) is 13.2 Å². The van der Waals surface area contributed by atoms with Gasteiger partial charge < -0.3 is 10.5 Å². The zero-order valence-corrected chi connectivity index (χ0v) is 21.3. The number of nitrogen functional groups attached to an aromatic ring is 1. The molecule has 186 valence electrons. The van der Waals surface area contributed by atoms with Crippen LogP contribution in [-0.2, 0) is 19.4 Å². The maximum absolute atomic E-state index is 14.0. The quantitative estimate of drug-likeness (QED) is 0.395. The van der Waals surface area contributed by atoms with Gasteiger partial charge in [-0.1, -0.05) is 90.6 Å². The molecule has 0 aliphatic carbocycles. The number of benzene rings is 3. The van der Waals surface area contributed by atoms with Gasteiger partial charge in [-0.15, -0.1) is 0 Å². The predicted octanol–water partition coefficient (Wildman–Crippen LogP) is 3.14. The molecule has 2 N–H and O–H groups in total. The smallest absolute Gasteiger partial charge is 0.346 e. The van der Waals surface area contributed by atoms with E-state index in [-0.39, 0.29) is 31.1 Å². The lowest BCUT2D eigenvalue weighted by atomic mass is 10.1. The highest BCUT2D eigenvalue weighted by Crippen LogP contribution is 2.40. The first-order valence-corrected chi connectivity index (χ1v) is 13.7. The van der Waals surface area contributed by atoms with Gasteiger partial charge in [-0.2, -0.15) is 0 Å². The van der Waals surface area contributed by atoms with Gasteiger partial charge in [0.15, 0.2) is 5.03 Å². The Morgan fingerprint density at radius 2 is 1.51 bits per heavy atom. The summed E-state index contributed by atoms with van der Waals surface area (Å²) in [5.74, 6) is -1.21. The standard InChI is InChI=1S/C28H22N2O5S2/c1-35-28(32)25-23-21(17-18-11-5-2-6-12-18)22(29)27(37(33,34)20-15-9-4-10-16-20)30(23)26(31)24(36-25)19-13-7-3-8-14-19/h2-17,24H,29H2,1H3/b21-17+/t24-/m1/s1. The SMILES string of the molecule is COC(=O)C1=c2/c(=C/c3ccccc3)c(N)c(S(=O)(=O)c3ccccc3)n2C(=O)[C@@H](c2ccccc2)S1. The number of sulfone groups is 1. The molecule has 37 heavy (non-hydrogen) atoms. The fourth-order valence-electron chi connectivity index (χ4n) is 4.27. The van der Waals surface area contributed by atoms with Crippen molar-refractivity contribution in [1.29, 1.82) is 0 Å². The molecule has 0 saturated heterocycles. The maximum Gasteiger partial charge on any atom is 0.346 e. The van der Waals surface area contributed by atoms with Crippen LogP contribution >= 0.6 is 11.8 Å². The Balaban J connectivity index is 1.94. The molecule has 0 unspecified atom stereocenters. The second-order valence-corrected chi connectivity index (χ2v) is 11.2. The van der Waals surface area contributed by atoms with Crippen molar-refractivity contribution in [3.63, 3.8) is 0 Å². The lowest BCUT2D eigenvalue weighted by molar-refractivity contribution is -0.133. The van der Waals surface area contributed by atoms with Crippen molar-refractivity contribution >= 4 is 50.1 Å². The van der Waals surface area contributed by atoms with Crippen LogP contribution in [0.5, 0.6) is 0 Å². The van der Waals surface area contributed by atoms with Crippen LogP contribution in [-0.4, -0.2) is 32.0 Å². The molecule has 9 heteroatoms. The zero-order valence-electron chi connectivity index (χ0n) is 19.7. The van der Waals surface area contributed by atoms with Gasteiger partial charge in [-0.3, -0.25) is 9.36 Å². The highest BCUT2D eigenvalue weighted by Gasteiger charge is 2.39. The van der Waals surface area contributed by atoms with Crippen molar-refractivity contribution in [2.75, 3.05) is 12.8 Å². The fourth-order valence-corrected chi connectivity index (χ4v) is 7.06. The lowest BCUT2D eigenvalue weighted by Crippen LogP contribution is -2.42. The number of hydrogen-bond donors (Lipinski definition) is 1. The van der Waals surface area contributed by atoms with Crippen molar-refractivity contribution in [3.8, 4) is 0 Å². The first-order valence-electron chi connectivity index (χ1n) is 11.3. The number of carbonyl (C=O) groups is 2. The molecule has 0 bridgehead atoms. The van der Waals surface area contributed by atoms with E-state index in [1.807, 2.05) is 36.4 Å². The van der Waals surface area contributed by atoms with Gasteiger partial charge in [0.25, 0.3) is 0 Å². The molecule has 0 spiro atoms. The first kappa shape index (κ1) is 24.6. The Hall–Kier alpha value is -4.08. The summed E-state index contributed by atoms with van der Waals surface area (Å²) in [7, 11) is -3.02. The average Bonchev–Trinajstić information content (AvgIpc) is 3.23. The van der Waals surface area contributed by atoms with Crippen molar-refractivity contribution < 1.29 is 22.7 Å². The molecule has 2 heterocycles. The van der Waals surface area contributed by atoms with Gasteiger partial charge in [0.2, 0.25) is 15.7 Å². The molecular weight excluding hydrogens is 508 g/mol. The van der Waals surface area contributed by atoms with E-state index in [4.69, 9.17) is 10.5 Å². The summed E-state index contributed by atoms with van der Waals surface area (Å²) < 4.78 is 34.0. The summed E-state index contributed by atoms with van der Waals surface area (Å²) in [5, 5.41) is -0.897. The second kappa shape index (κ2) is 9.76. The minimum Gasteiger partial charge on any atom is -0.465 e. The molecule has 5 rings (SSSR count). The molecule has 1 aliphatic heterocycles. The van der Waals surface area contributed by atoms with Crippen LogP contribution < -0.4 is 16.3 Å². The van der Waals surface area contributed by atoms with E-state index in [9.17, 15) is 18.0 Å². The normalized spacial score (nSPS) is 15.9. The van der Waals surface area contributed by atoms with Crippen molar-refractivity contribution in [2.24, 2.45) is 0 Å². The third-order valence-electron chi connectivity index (χ3n) is 5.99. The van der Waals surface area contributed by atoms with Gasteiger partial charge in [-0.05, 0) is 29.3 Å². The summed E-state index contributed by atoms with van der Waals surface area (Å²) in [4.78, 5) is 27.2. The monoisotopic (exact) mass is 530 g/mol. The number of esters is 1. The van der Waals surface area contributed by atoms with E-state index in [2.05, 4.69) is 0 Å². The molecule has 0 fully saturated rings. The molecule has 1 atom stereocenters. The van der Waals surface area contributed by atoms with Gasteiger partial charge in [0, 0.05) is 5.22 Å². The Labute approximate surface area is 217 Å². The van der Waals surface area contributed by atoms with Gasteiger partial charge in [0.05, 0.1) is 23.0 Å². The third-order valence-corrected chi connectivity index (χ3v) is 9.10. The van der Waals surface area contributed by atoms with Crippen LogP contribution in [0.15, 0.2) is 101 Å². The maximum atomic E-state index is 14.0. The number of methoxy groups -OCH3 is 1. The highest BCUT2D eigenvalue weighted by atomic mass is 32.2. The van der Waals surface area contributed by atoms with E-state index in [0.717, 1.165) is 21.9 Å². The lowest BCUT2D eigenvalue weighted by Gasteiger charge is -2.23. The van der Waals surface area contributed by atoms with Crippen LogP contribution in [0.1, 0.15) is 21.2 Å². The van der Waals surface area contributed by atoms with Crippen LogP contribution in [0, 0.1) is 0 Å². The fraction of sp³-hybridized carbons (Fsp3) is 0.0714.